The number of rotatable bonds is 0. The van der Waals surface area contributed by atoms with Crippen molar-refractivity contribution >= 4 is 0 Å². The Morgan fingerprint density at radius 1 is 0.909 bits per heavy atom. The number of nitrogens with one attached hydrogen (secondary N) is 1. The first-order valence-corrected chi connectivity index (χ1v) is 4.26. The molecule has 0 saturated heterocycles. The van der Waals surface area contributed by atoms with Crippen LogP contribution in [-0.2, 0) is 12.8 Å². The third-order valence-corrected chi connectivity index (χ3v) is 2.25. The molecule has 1 nitrogen and oxygen atoms in total. The molecule has 1 aromatic rings. The van der Waals surface area contributed by atoms with Crippen LogP contribution in [0, 0.1) is 0 Å². The molecule has 0 unspecified atom stereocenters. The summed E-state index contributed by atoms with van der Waals surface area (Å²) in [5.41, 5.74) is 3.02. The molecule has 1 aliphatic carbocycles. The number of aromatic amines is 1. The first-order chi connectivity index (χ1) is 5.47. The van der Waals surface area contributed by atoms with Gasteiger partial charge in [-0.05, 0) is 36.8 Å². The largest absolute Gasteiger partial charge is 0.367 e. The van der Waals surface area contributed by atoms with E-state index in [0.717, 1.165) is 0 Å². The molecule has 0 spiro atoms. The molecule has 58 valence electrons. The van der Waals surface area contributed by atoms with Crippen LogP contribution in [0.2, 0.25) is 0 Å². The zero-order chi connectivity index (χ0) is 7.52. The van der Waals surface area contributed by atoms with E-state index in [9.17, 15) is 0 Å². The molecule has 11 heavy (non-hydrogen) atoms. The molecular formula is C10H13N. The highest BCUT2D eigenvalue weighted by Crippen LogP contribution is 2.15. The van der Waals surface area contributed by atoms with Crippen molar-refractivity contribution in [1.82, 2.24) is 4.98 Å². The summed E-state index contributed by atoms with van der Waals surface area (Å²) in [4.78, 5) is 3.17. The third-order valence-electron chi connectivity index (χ3n) is 2.25. The van der Waals surface area contributed by atoms with Gasteiger partial charge in [0, 0.05) is 12.4 Å². The van der Waals surface area contributed by atoms with Gasteiger partial charge < -0.3 is 4.98 Å². The molecule has 0 atom stereocenters. The zero-order valence-electron chi connectivity index (χ0n) is 6.64. The highest BCUT2D eigenvalue weighted by molar-refractivity contribution is 5.25. The van der Waals surface area contributed by atoms with Crippen LogP contribution in [0.25, 0.3) is 0 Å². The third kappa shape index (κ3) is 1.37. The van der Waals surface area contributed by atoms with Crippen LogP contribution in [0.3, 0.4) is 0 Å². The Hall–Kier alpha value is -0.980. The van der Waals surface area contributed by atoms with Crippen LogP contribution >= 0.6 is 0 Å². The molecule has 0 fully saturated rings. The summed E-state index contributed by atoms with van der Waals surface area (Å²) in [6.45, 7) is 0. The fourth-order valence-corrected chi connectivity index (χ4v) is 1.61. The van der Waals surface area contributed by atoms with Crippen molar-refractivity contribution in [2.75, 3.05) is 0 Å². The van der Waals surface area contributed by atoms with Gasteiger partial charge in [0.25, 0.3) is 0 Å². The van der Waals surface area contributed by atoms with Gasteiger partial charge in [0.2, 0.25) is 0 Å². The first-order valence-electron chi connectivity index (χ1n) is 4.26. The maximum absolute atomic E-state index is 3.17. The van der Waals surface area contributed by atoms with Crippen molar-refractivity contribution in [3.05, 3.63) is 35.7 Å². The van der Waals surface area contributed by atoms with Crippen LogP contribution in [0.4, 0.5) is 0 Å². The van der Waals surface area contributed by atoms with E-state index >= 15 is 0 Å². The zero-order valence-corrected chi connectivity index (χ0v) is 6.64. The molecule has 1 aromatic heterocycles. The summed E-state index contributed by atoms with van der Waals surface area (Å²) in [5.74, 6) is 0. The van der Waals surface area contributed by atoms with Gasteiger partial charge in [0.1, 0.15) is 0 Å². The number of allylic oxidation sites excluding steroid dienone is 2. The maximum atomic E-state index is 3.17. The fourth-order valence-electron chi connectivity index (χ4n) is 1.61. The molecule has 0 saturated carbocycles. The average Bonchev–Trinajstić information content (AvgIpc) is 2.35. The summed E-state index contributed by atoms with van der Waals surface area (Å²) >= 11 is 0. The maximum Gasteiger partial charge on any atom is 0.00403 e. The second-order valence-electron chi connectivity index (χ2n) is 3.05. The van der Waals surface area contributed by atoms with E-state index in [1.54, 1.807) is 0 Å². The van der Waals surface area contributed by atoms with Crippen molar-refractivity contribution in [1.29, 1.82) is 0 Å². The van der Waals surface area contributed by atoms with E-state index in [1.165, 1.54) is 36.8 Å². The Bertz CT molecular complexity index is 233. The van der Waals surface area contributed by atoms with Gasteiger partial charge in [-0.3, -0.25) is 0 Å². The predicted octanol–water partition coefficient (Wildman–Crippen LogP) is 2.45. The van der Waals surface area contributed by atoms with Gasteiger partial charge in [-0.2, -0.15) is 0 Å². The quantitative estimate of drug-likeness (QED) is 0.542. The van der Waals surface area contributed by atoms with Crippen LogP contribution in [0.5, 0.6) is 0 Å². The Kier molecular flexibility index (Phi) is 1.80. The van der Waals surface area contributed by atoms with Crippen molar-refractivity contribution in [2.45, 2.75) is 25.7 Å². The minimum absolute atomic E-state index is 1.20. The number of hydrogen-bond acceptors (Lipinski definition) is 0. The van der Waals surface area contributed by atoms with Gasteiger partial charge in [0.05, 0.1) is 0 Å². The summed E-state index contributed by atoms with van der Waals surface area (Å²) in [7, 11) is 0. The van der Waals surface area contributed by atoms with Gasteiger partial charge in [0.15, 0.2) is 0 Å². The number of aromatic nitrogens is 1. The van der Waals surface area contributed by atoms with E-state index in [4.69, 9.17) is 0 Å². The summed E-state index contributed by atoms with van der Waals surface area (Å²) < 4.78 is 0. The van der Waals surface area contributed by atoms with Crippen molar-refractivity contribution in [2.24, 2.45) is 0 Å². The summed E-state index contributed by atoms with van der Waals surface area (Å²) in [5, 5.41) is 0. The van der Waals surface area contributed by atoms with Crippen LogP contribution < -0.4 is 0 Å². The molecule has 0 aromatic carbocycles. The lowest BCUT2D eigenvalue weighted by Gasteiger charge is -2.03. The van der Waals surface area contributed by atoms with E-state index in [1.807, 2.05) is 0 Å². The number of aryl methyl sites for hydroxylation is 2. The minimum atomic E-state index is 1.20. The number of fused-ring (bicyclic) bond motifs is 1. The lowest BCUT2D eigenvalue weighted by atomic mass is 10.0. The van der Waals surface area contributed by atoms with Crippen LogP contribution in [-0.4, -0.2) is 4.98 Å². The first kappa shape index (κ1) is 6.71. The normalized spacial score (nSPS) is 17.1. The Morgan fingerprint density at radius 3 is 2.00 bits per heavy atom. The van der Waals surface area contributed by atoms with Crippen molar-refractivity contribution in [3.8, 4) is 0 Å². The van der Waals surface area contributed by atoms with E-state index < -0.39 is 0 Å². The molecule has 2 rings (SSSR count). The molecule has 1 N–H and O–H groups in total. The average molecular weight is 147 g/mol. The van der Waals surface area contributed by atoms with Crippen LogP contribution in [0.1, 0.15) is 24.0 Å². The highest BCUT2D eigenvalue weighted by Gasteiger charge is 2.03. The molecule has 1 heterocycles. The number of H-pyrrole nitrogens is 1. The standard InChI is InChI=1S/C10H13N/c1-2-4-6-10-8-11-7-9(10)5-3-1/h1-2,7-8,11H,3-6H2. The second kappa shape index (κ2) is 2.95. The van der Waals surface area contributed by atoms with E-state index in [0.29, 0.717) is 0 Å². The van der Waals surface area contributed by atoms with Crippen LogP contribution in [0.15, 0.2) is 24.5 Å². The lowest BCUT2D eigenvalue weighted by molar-refractivity contribution is 0.902. The SMILES string of the molecule is C1=CCCc2c[nH]cc2CC1. The lowest BCUT2D eigenvalue weighted by Crippen LogP contribution is -1.91. The Labute approximate surface area is 67.1 Å². The number of hydrogen-bond donors (Lipinski definition) is 1. The summed E-state index contributed by atoms with van der Waals surface area (Å²) in [6, 6.07) is 0. The monoisotopic (exact) mass is 147 g/mol. The summed E-state index contributed by atoms with van der Waals surface area (Å²) in [6.07, 6.45) is 13.6. The van der Waals surface area contributed by atoms with E-state index in [-0.39, 0.29) is 0 Å². The molecule has 1 aliphatic rings. The topological polar surface area (TPSA) is 15.8 Å². The minimum Gasteiger partial charge on any atom is -0.367 e. The van der Waals surface area contributed by atoms with Gasteiger partial charge in [-0.15, -0.1) is 0 Å². The van der Waals surface area contributed by atoms with Gasteiger partial charge in [-0.25, -0.2) is 0 Å². The Morgan fingerprint density at radius 2 is 1.45 bits per heavy atom. The molecule has 1 heteroatoms. The second-order valence-corrected chi connectivity index (χ2v) is 3.05. The van der Waals surface area contributed by atoms with Crippen molar-refractivity contribution in [3.63, 3.8) is 0 Å². The molecule has 0 aliphatic heterocycles. The van der Waals surface area contributed by atoms with Gasteiger partial charge in [-0.1, -0.05) is 12.2 Å². The Balaban J connectivity index is 2.23. The fraction of sp³-hybridized carbons (Fsp3) is 0.400. The van der Waals surface area contributed by atoms with Gasteiger partial charge >= 0.3 is 0 Å². The van der Waals surface area contributed by atoms with Crippen molar-refractivity contribution < 1.29 is 0 Å². The molecular weight excluding hydrogens is 134 g/mol. The molecule has 0 bridgehead atoms. The highest BCUT2D eigenvalue weighted by atomic mass is 14.6. The molecule has 0 amide bonds. The molecule has 0 radical (unpaired) electrons. The predicted molar refractivity (Wildman–Crippen MR) is 46.6 cm³/mol. The smallest absolute Gasteiger partial charge is 0.00403 e. The van der Waals surface area contributed by atoms with E-state index in [2.05, 4.69) is 29.5 Å².